The lowest BCUT2D eigenvalue weighted by molar-refractivity contribution is -0.356. The molecule has 1 aromatic heterocycles. The SMILES string of the molecule is COc1ccc(C(OC[C@H]2O[C@@H](n3ccc(=O)[nH]c3=O)[C@H](OC(F)(F)F)[C@@H]2O)(c2ccccc2)c2ccc(OC)cc2)cc1. The molecule has 0 radical (unpaired) electrons. The van der Waals surface area contributed by atoms with Crippen LogP contribution in [-0.2, 0) is 19.8 Å². The number of benzene rings is 3. The molecule has 10 nitrogen and oxygen atoms in total. The molecule has 2 N–H and O–H groups in total. The Kier molecular flexibility index (Phi) is 8.92. The molecule has 0 amide bonds. The van der Waals surface area contributed by atoms with Crippen molar-refractivity contribution in [2.45, 2.75) is 36.5 Å². The normalized spacial score (nSPS) is 20.4. The van der Waals surface area contributed by atoms with Gasteiger partial charge in [0.25, 0.3) is 5.56 Å². The highest BCUT2D eigenvalue weighted by Crippen LogP contribution is 2.43. The Morgan fingerprint density at radius 3 is 1.89 bits per heavy atom. The average Bonchev–Trinajstić information content (AvgIpc) is 3.31. The first-order valence-corrected chi connectivity index (χ1v) is 13.4. The molecule has 13 heteroatoms. The second kappa shape index (κ2) is 12.7. The fourth-order valence-corrected chi connectivity index (χ4v) is 5.27. The third-order valence-corrected chi connectivity index (χ3v) is 7.35. The van der Waals surface area contributed by atoms with Gasteiger partial charge in [-0.2, -0.15) is 0 Å². The van der Waals surface area contributed by atoms with E-state index in [1.165, 1.54) is 14.2 Å². The number of rotatable bonds is 10. The van der Waals surface area contributed by atoms with E-state index in [-0.39, 0.29) is 0 Å². The summed E-state index contributed by atoms with van der Waals surface area (Å²) < 4.78 is 68.4. The van der Waals surface area contributed by atoms with Gasteiger partial charge in [-0.05, 0) is 41.0 Å². The van der Waals surface area contributed by atoms with Gasteiger partial charge in [0.1, 0.15) is 35.4 Å². The van der Waals surface area contributed by atoms with Gasteiger partial charge in [0.05, 0.1) is 20.8 Å². The maximum absolute atomic E-state index is 13.4. The second-order valence-electron chi connectivity index (χ2n) is 9.92. The van der Waals surface area contributed by atoms with Crippen LogP contribution < -0.4 is 20.7 Å². The van der Waals surface area contributed by atoms with E-state index in [2.05, 4.69) is 4.74 Å². The minimum Gasteiger partial charge on any atom is -0.497 e. The van der Waals surface area contributed by atoms with Crippen LogP contribution in [0.3, 0.4) is 0 Å². The average molecular weight is 615 g/mol. The summed E-state index contributed by atoms with van der Waals surface area (Å²) in [4.78, 5) is 26.0. The molecule has 232 valence electrons. The van der Waals surface area contributed by atoms with Crippen molar-refractivity contribution in [3.8, 4) is 11.5 Å². The summed E-state index contributed by atoms with van der Waals surface area (Å²) in [6, 6.07) is 24.2. The minimum atomic E-state index is -5.17. The van der Waals surface area contributed by atoms with Crippen molar-refractivity contribution in [2.24, 2.45) is 0 Å². The van der Waals surface area contributed by atoms with Crippen LogP contribution in [0.5, 0.6) is 11.5 Å². The molecule has 5 rings (SSSR count). The minimum absolute atomic E-state index is 0.444. The van der Waals surface area contributed by atoms with E-state index in [1.807, 2.05) is 35.3 Å². The monoisotopic (exact) mass is 614 g/mol. The number of nitrogens with zero attached hydrogens (tertiary/aromatic N) is 1. The molecule has 0 aliphatic carbocycles. The molecule has 4 atom stereocenters. The smallest absolute Gasteiger partial charge is 0.497 e. The number of aliphatic hydroxyl groups excluding tert-OH is 1. The van der Waals surface area contributed by atoms with Crippen LogP contribution >= 0.6 is 0 Å². The number of nitrogens with one attached hydrogen (secondary N) is 1. The molecule has 44 heavy (non-hydrogen) atoms. The first-order valence-electron chi connectivity index (χ1n) is 13.4. The first kappa shape index (κ1) is 31.0. The first-order chi connectivity index (χ1) is 21.1. The number of aromatic nitrogens is 2. The van der Waals surface area contributed by atoms with Crippen LogP contribution in [-0.4, -0.2) is 60.2 Å². The van der Waals surface area contributed by atoms with Crippen LogP contribution in [0.25, 0.3) is 0 Å². The Labute approximate surface area is 249 Å². The summed E-state index contributed by atoms with van der Waals surface area (Å²) >= 11 is 0. The highest BCUT2D eigenvalue weighted by Gasteiger charge is 2.52. The highest BCUT2D eigenvalue weighted by molar-refractivity contribution is 5.49. The van der Waals surface area contributed by atoms with Crippen molar-refractivity contribution in [3.05, 3.63) is 129 Å². The molecule has 1 saturated heterocycles. The van der Waals surface area contributed by atoms with Gasteiger partial charge in [0, 0.05) is 12.3 Å². The molecule has 0 spiro atoms. The van der Waals surface area contributed by atoms with Crippen LogP contribution in [0.15, 0.2) is 101 Å². The zero-order chi connectivity index (χ0) is 31.5. The highest BCUT2D eigenvalue weighted by atomic mass is 19.4. The van der Waals surface area contributed by atoms with Gasteiger partial charge in [0.2, 0.25) is 0 Å². The summed E-state index contributed by atoms with van der Waals surface area (Å²) in [5.74, 6) is 1.17. The quantitative estimate of drug-likeness (QED) is 0.260. The lowest BCUT2D eigenvalue weighted by Gasteiger charge is -2.37. The number of ether oxygens (including phenoxy) is 5. The van der Waals surface area contributed by atoms with Gasteiger partial charge in [-0.3, -0.25) is 19.1 Å². The van der Waals surface area contributed by atoms with E-state index in [0.29, 0.717) is 28.2 Å². The summed E-state index contributed by atoms with van der Waals surface area (Å²) in [6.45, 7) is -0.444. The molecule has 0 unspecified atom stereocenters. The fraction of sp³-hybridized carbons (Fsp3) is 0.290. The van der Waals surface area contributed by atoms with Crippen molar-refractivity contribution in [1.82, 2.24) is 9.55 Å². The standard InChI is InChI=1S/C31H29F3N2O8/c1-40-22-12-8-20(9-13-22)30(19-6-4-3-5-7-19,21-10-14-23(41-2)15-11-21)42-18-24-26(38)27(44-31(32,33)34)28(43-24)36-17-16-25(37)35-29(36)39/h3-17,24,26-28,38H,18H2,1-2H3,(H,35,37,39)/t24-,26-,27-,28-/m1/s1. The second-order valence-corrected chi connectivity index (χ2v) is 9.92. The molecule has 4 aromatic rings. The van der Waals surface area contributed by atoms with Crippen molar-refractivity contribution in [1.29, 1.82) is 0 Å². The summed E-state index contributed by atoms with van der Waals surface area (Å²) in [6.07, 6.45) is -11.3. The van der Waals surface area contributed by atoms with Gasteiger partial charge in [-0.15, -0.1) is 13.2 Å². The Hall–Kier alpha value is -4.43. The maximum Gasteiger partial charge on any atom is 0.523 e. The van der Waals surface area contributed by atoms with Gasteiger partial charge in [-0.25, -0.2) is 4.79 Å². The molecule has 2 heterocycles. The Morgan fingerprint density at radius 2 is 1.39 bits per heavy atom. The largest absolute Gasteiger partial charge is 0.523 e. The molecule has 0 bridgehead atoms. The number of aliphatic hydroxyl groups is 1. The molecular formula is C31H29F3N2O8. The number of hydrogen-bond acceptors (Lipinski definition) is 8. The van der Waals surface area contributed by atoms with Gasteiger partial charge < -0.3 is 24.1 Å². The third kappa shape index (κ3) is 6.26. The van der Waals surface area contributed by atoms with Gasteiger partial charge in [0.15, 0.2) is 6.23 Å². The fourth-order valence-electron chi connectivity index (χ4n) is 5.27. The van der Waals surface area contributed by atoms with E-state index in [9.17, 15) is 27.9 Å². The Morgan fingerprint density at radius 1 is 0.841 bits per heavy atom. The zero-order valence-corrected chi connectivity index (χ0v) is 23.6. The Balaban J connectivity index is 1.58. The molecule has 0 saturated carbocycles. The van der Waals surface area contributed by atoms with Crippen molar-refractivity contribution < 1.29 is 42.0 Å². The summed E-state index contributed by atoms with van der Waals surface area (Å²) in [7, 11) is 3.06. The number of aromatic amines is 1. The van der Waals surface area contributed by atoms with Crippen LogP contribution in [0.2, 0.25) is 0 Å². The number of hydrogen-bond donors (Lipinski definition) is 2. The van der Waals surface area contributed by atoms with E-state index in [1.54, 1.807) is 48.5 Å². The van der Waals surface area contributed by atoms with Crippen molar-refractivity contribution in [2.75, 3.05) is 20.8 Å². The summed E-state index contributed by atoms with van der Waals surface area (Å²) in [5.41, 5.74) is -1.22. The van der Waals surface area contributed by atoms with Crippen LogP contribution in [0.4, 0.5) is 13.2 Å². The predicted octanol–water partition coefficient (Wildman–Crippen LogP) is 3.73. The van der Waals surface area contributed by atoms with E-state index in [0.717, 1.165) is 16.8 Å². The van der Waals surface area contributed by atoms with Crippen LogP contribution in [0.1, 0.15) is 22.9 Å². The van der Waals surface area contributed by atoms with Crippen molar-refractivity contribution in [3.63, 3.8) is 0 Å². The number of alkyl halides is 3. The lowest BCUT2D eigenvalue weighted by atomic mass is 9.80. The molecule has 1 fully saturated rings. The maximum atomic E-state index is 13.4. The molecule has 1 aliphatic rings. The lowest BCUT2D eigenvalue weighted by Crippen LogP contribution is -2.43. The molecule has 1 aliphatic heterocycles. The van der Waals surface area contributed by atoms with E-state index in [4.69, 9.17) is 18.9 Å². The van der Waals surface area contributed by atoms with Crippen LogP contribution in [0, 0.1) is 0 Å². The zero-order valence-electron chi connectivity index (χ0n) is 23.6. The topological polar surface area (TPSA) is 121 Å². The predicted molar refractivity (Wildman–Crippen MR) is 150 cm³/mol. The van der Waals surface area contributed by atoms with E-state index < -0.39 is 54.4 Å². The number of H-pyrrole nitrogens is 1. The van der Waals surface area contributed by atoms with Gasteiger partial charge in [-0.1, -0.05) is 54.6 Å². The Bertz CT molecular complexity index is 1610. The summed E-state index contributed by atoms with van der Waals surface area (Å²) in [5, 5.41) is 11.1. The molecule has 3 aromatic carbocycles. The third-order valence-electron chi connectivity index (χ3n) is 7.35. The number of methoxy groups -OCH3 is 2. The van der Waals surface area contributed by atoms with E-state index >= 15 is 0 Å². The number of halogens is 3. The molecular weight excluding hydrogens is 585 g/mol. The van der Waals surface area contributed by atoms with Gasteiger partial charge >= 0.3 is 12.1 Å². The van der Waals surface area contributed by atoms with Crippen molar-refractivity contribution >= 4 is 0 Å².